The van der Waals surface area contributed by atoms with Gasteiger partial charge in [-0.1, -0.05) is 0 Å². The van der Waals surface area contributed by atoms with E-state index in [-0.39, 0.29) is 13.0 Å². The van der Waals surface area contributed by atoms with Crippen LogP contribution >= 0.6 is 0 Å². The monoisotopic (exact) mass is 327 g/mol. The van der Waals surface area contributed by atoms with Gasteiger partial charge in [0.25, 0.3) is 0 Å². The lowest BCUT2D eigenvalue weighted by Crippen LogP contribution is -2.41. The van der Waals surface area contributed by atoms with Crippen LogP contribution in [-0.4, -0.2) is 39.3 Å². The summed E-state index contributed by atoms with van der Waals surface area (Å²) in [4.78, 5) is 9.73. The van der Waals surface area contributed by atoms with Crippen molar-refractivity contribution in [1.82, 2.24) is 4.72 Å². The maximum Gasteiger partial charge on any atom is 0.321 e. The number of nitrogens with one attached hydrogen (secondary N) is 1. The molecule has 0 aliphatic rings. The zero-order valence-corrected chi connectivity index (χ0v) is 11.6. The van der Waals surface area contributed by atoms with Crippen molar-refractivity contribution in [3.05, 3.63) is 29.6 Å². The first-order valence-electron chi connectivity index (χ1n) is 5.58. The van der Waals surface area contributed by atoms with Crippen molar-refractivity contribution in [2.75, 3.05) is 13.7 Å². The summed E-state index contributed by atoms with van der Waals surface area (Å²) in [6.07, 6.45) is -0.226. The SMILES string of the molecule is COCCC(NS(=O)(=O)c1ccc(F)c(F)c1F)C(=O)O. The van der Waals surface area contributed by atoms with Gasteiger partial charge in [0.1, 0.15) is 10.9 Å². The topological polar surface area (TPSA) is 92.7 Å². The van der Waals surface area contributed by atoms with E-state index < -0.39 is 44.4 Å². The summed E-state index contributed by atoms with van der Waals surface area (Å²) >= 11 is 0. The number of hydrogen-bond donors (Lipinski definition) is 2. The minimum atomic E-state index is -4.67. The average Bonchev–Trinajstić information content (AvgIpc) is 2.40. The third-order valence-corrected chi connectivity index (χ3v) is 3.98. The van der Waals surface area contributed by atoms with Crippen molar-refractivity contribution in [1.29, 1.82) is 0 Å². The van der Waals surface area contributed by atoms with E-state index in [0.29, 0.717) is 12.1 Å². The highest BCUT2D eigenvalue weighted by molar-refractivity contribution is 7.89. The van der Waals surface area contributed by atoms with Gasteiger partial charge in [-0.05, 0) is 18.6 Å². The normalized spacial score (nSPS) is 13.1. The predicted octanol–water partition coefficient (Wildman–Crippen LogP) is 0.872. The first-order valence-corrected chi connectivity index (χ1v) is 7.06. The molecule has 2 N–H and O–H groups in total. The fourth-order valence-electron chi connectivity index (χ4n) is 1.44. The van der Waals surface area contributed by atoms with E-state index in [1.54, 1.807) is 4.72 Å². The Labute approximate surface area is 118 Å². The fourth-order valence-corrected chi connectivity index (χ4v) is 2.73. The molecular weight excluding hydrogens is 315 g/mol. The van der Waals surface area contributed by atoms with Crippen molar-refractivity contribution < 1.29 is 36.2 Å². The molecule has 1 atom stereocenters. The van der Waals surface area contributed by atoms with Crippen LogP contribution in [0.5, 0.6) is 0 Å². The van der Waals surface area contributed by atoms with Crippen LogP contribution in [0.25, 0.3) is 0 Å². The summed E-state index contributed by atoms with van der Waals surface area (Å²) < 4.78 is 69.3. The summed E-state index contributed by atoms with van der Waals surface area (Å²) in [7, 11) is -3.39. The highest BCUT2D eigenvalue weighted by Crippen LogP contribution is 2.20. The lowest BCUT2D eigenvalue weighted by atomic mass is 10.2. The number of aliphatic carboxylic acids is 1. The molecule has 0 saturated heterocycles. The van der Waals surface area contributed by atoms with Gasteiger partial charge in [0.15, 0.2) is 17.5 Å². The maximum atomic E-state index is 13.5. The van der Waals surface area contributed by atoms with Crippen LogP contribution in [0.3, 0.4) is 0 Å². The van der Waals surface area contributed by atoms with E-state index in [2.05, 4.69) is 4.74 Å². The number of benzene rings is 1. The molecule has 0 aliphatic carbocycles. The lowest BCUT2D eigenvalue weighted by Gasteiger charge is -2.15. The number of hydrogen-bond acceptors (Lipinski definition) is 4. The number of rotatable bonds is 7. The van der Waals surface area contributed by atoms with Crippen molar-refractivity contribution in [3.8, 4) is 0 Å². The Morgan fingerprint density at radius 1 is 1.33 bits per heavy atom. The Balaban J connectivity index is 3.11. The minimum Gasteiger partial charge on any atom is -0.480 e. The minimum absolute atomic E-state index is 0.0697. The van der Waals surface area contributed by atoms with E-state index >= 15 is 0 Å². The Kier molecular flexibility index (Phi) is 5.70. The summed E-state index contributed by atoms with van der Waals surface area (Å²) in [5.74, 6) is -6.95. The second kappa shape index (κ2) is 6.87. The van der Waals surface area contributed by atoms with E-state index in [9.17, 15) is 26.4 Å². The summed E-state index contributed by atoms with van der Waals surface area (Å²) in [5.41, 5.74) is 0. The molecule has 0 saturated carbocycles. The van der Waals surface area contributed by atoms with Gasteiger partial charge >= 0.3 is 5.97 Å². The molecule has 0 aliphatic heterocycles. The Morgan fingerprint density at radius 3 is 2.48 bits per heavy atom. The molecule has 0 amide bonds. The molecule has 0 aromatic heterocycles. The molecule has 0 fully saturated rings. The quantitative estimate of drug-likeness (QED) is 0.725. The zero-order valence-electron chi connectivity index (χ0n) is 10.8. The molecule has 21 heavy (non-hydrogen) atoms. The summed E-state index contributed by atoms with van der Waals surface area (Å²) in [6, 6.07) is -0.661. The fraction of sp³-hybridized carbons (Fsp3) is 0.364. The van der Waals surface area contributed by atoms with Gasteiger partial charge in [-0.25, -0.2) is 21.6 Å². The van der Waals surface area contributed by atoms with Crippen LogP contribution in [0.15, 0.2) is 17.0 Å². The van der Waals surface area contributed by atoms with Crippen LogP contribution in [0.4, 0.5) is 13.2 Å². The molecule has 1 aromatic rings. The van der Waals surface area contributed by atoms with Gasteiger partial charge in [0.2, 0.25) is 10.0 Å². The van der Waals surface area contributed by atoms with Gasteiger partial charge < -0.3 is 9.84 Å². The number of carboxylic acid groups (broad SMARTS) is 1. The first kappa shape index (κ1) is 17.4. The highest BCUT2D eigenvalue weighted by atomic mass is 32.2. The molecule has 1 aromatic carbocycles. The van der Waals surface area contributed by atoms with Crippen LogP contribution in [0, 0.1) is 17.5 Å². The molecule has 1 unspecified atom stereocenters. The summed E-state index contributed by atoms with van der Waals surface area (Å²) in [6.45, 7) is -0.0697. The molecule has 6 nitrogen and oxygen atoms in total. The smallest absolute Gasteiger partial charge is 0.321 e. The van der Waals surface area contributed by atoms with Crippen molar-refractivity contribution in [2.24, 2.45) is 0 Å². The largest absolute Gasteiger partial charge is 0.480 e. The third-order valence-electron chi connectivity index (χ3n) is 2.50. The van der Waals surface area contributed by atoms with Gasteiger partial charge in [0.05, 0.1) is 0 Å². The van der Waals surface area contributed by atoms with Crippen LogP contribution in [-0.2, 0) is 19.6 Å². The van der Waals surface area contributed by atoms with E-state index in [1.807, 2.05) is 0 Å². The molecule has 118 valence electrons. The van der Waals surface area contributed by atoms with Crippen LogP contribution in [0.2, 0.25) is 0 Å². The number of sulfonamides is 1. The number of carbonyl (C=O) groups is 1. The maximum absolute atomic E-state index is 13.5. The third kappa shape index (κ3) is 4.16. The van der Waals surface area contributed by atoms with Gasteiger partial charge in [0, 0.05) is 13.7 Å². The Morgan fingerprint density at radius 2 is 1.95 bits per heavy atom. The standard InChI is InChI=1S/C11H12F3NO5S/c1-20-5-4-7(11(16)17)15-21(18,19)8-3-2-6(12)9(13)10(8)14/h2-3,7,15H,4-5H2,1H3,(H,16,17). The molecule has 0 heterocycles. The lowest BCUT2D eigenvalue weighted by molar-refractivity contribution is -0.139. The van der Waals surface area contributed by atoms with E-state index in [0.717, 1.165) is 0 Å². The van der Waals surface area contributed by atoms with Crippen molar-refractivity contribution in [2.45, 2.75) is 17.4 Å². The first-order chi connectivity index (χ1) is 9.70. The van der Waals surface area contributed by atoms with Crippen molar-refractivity contribution >= 4 is 16.0 Å². The highest BCUT2D eigenvalue weighted by Gasteiger charge is 2.29. The van der Waals surface area contributed by atoms with E-state index in [4.69, 9.17) is 5.11 Å². The van der Waals surface area contributed by atoms with Crippen LogP contribution < -0.4 is 4.72 Å². The number of carboxylic acids is 1. The van der Waals surface area contributed by atoms with Gasteiger partial charge in [-0.15, -0.1) is 0 Å². The average molecular weight is 327 g/mol. The number of ether oxygens (including phenoxy) is 1. The second-order valence-corrected chi connectivity index (χ2v) is 5.65. The predicted molar refractivity (Wildman–Crippen MR) is 64.6 cm³/mol. The van der Waals surface area contributed by atoms with E-state index in [1.165, 1.54) is 7.11 Å². The molecule has 1 rings (SSSR count). The van der Waals surface area contributed by atoms with Crippen molar-refractivity contribution in [3.63, 3.8) is 0 Å². The molecular formula is C11H12F3NO5S. The number of methoxy groups -OCH3 is 1. The van der Waals surface area contributed by atoms with Gasteiger partial charge in [-0.3, -0.25) is 4.79 Å². The second-order valence-electron chi connectivity index (χ2n) is 3.97. The zero-order chi connectivity index (χ0) is 16.2. The summed E-state index contributed by atoms with van der Waals surface area (Å²) in [5, 5.41) is 8.87. The molecule has 0 bridgehead atoms. The number of halogens is 3. The van der Waals surface area contributed by atoms with Crippen LogP contribution in [0.1, 0.15) is 6.42 Å². The van der Waals surface area contributed by atoms with Gasteiger partial charge in [-0.2, -0.15) is 4.72 Å². The molecule has 0 radical (unpaired) electrons. The Hall–Kier alpha value is -1.65. The molecule has 0 spiro atoms. The molecule has 10 heteroatoms. The Bertz CT molecular complexity index is 635.